The number of amidine groups is 1. The summed E-state index contributed by atoms with van der Waals surface area (Å²) in [5.74, 6) is 0.143. The van der Waals surface area contributed by atoms with E-state index in [4.69, 9.17) is 10.9 Å². The van der Waals surface area contributed by atoms with Crippen molar-refractivity contribution in [2.45, 2.75) is 19.0 Å². The van der Waals surface area contributed by atoms with Crippen LogP contribution >= 0.6 is 0 Å². The third-order valence-electron chi connectivity index (χ3n) is 1.96. The minimum atomic E-state index is -0.759. The topological polar surface area (TPSA) is 61.8 Å². The number of halogens is 1. The Hall–Kier alpha value is -0.840. The van der Waals surface area contributed by atoms with Gasteiger partial charge in [-0.15, -0.1) is 0 Å². The molecule has 0 bridgehead atoms. The zero-order valence-corrected chi connectivity index (χ0v) is 6.91. The van der Waals surface area contributed by atoms with Crippen LogP contribution in [0.2, 0.25) is 0 Å². The van der Waals surface area contributed by atoms with Gasteiger partial charge in [-0.2, -0.15) is 0 Å². The van der Waals surface area contributed by atoms with Crippen LogP contribution in [0.25, 0.3) is 0 Å². The lowest BCUT2D eigenvalue weighted by Gasteiger charge is -2.27. The standard InChI is InChI=1S/C7H14FN3O/c8-6-2-1-3-11(4-6)5-7(9)10-12/h6,12H,1-5H2,(H2,9,10). The van der Waals surface area contributed by atoms with Gasteiger partial charge >= 0.3 is 0 Å². The average Bonchev–Trinajstić information content (AvgIpc) is 2.04. The van der Waals surface area contributed by atoms with E-state index in [1.54, 1.807) is 0 Å². The molecule has 0 radical (unpaired) electrons. The molecule has 4 nitrogen and oxygen atoms in total. The number of hydrogen-bond donors (Lipinski definition) is 2. The van der Waals surface area contributed by atoms with Gasteiger partial charge in [0.25, 0.3) is 0 Å². The van der Waals surface area contributed by atoms with Crippen LogP contribution in [-0.4, -0.2) is 41.7 Å². The minimum Gasteiger partial charge on any atom is -0.409 e. The predicted octanol–water partition coefficient (Wildman–Crippen LogP) is 0.167. The lowest BCUT2D eigenvalue weighted by Crippen LogP contribution is -2.41. The summed E-state index contributed by atoms with van der Waals surface area (Å²) in [6, 6.07) is 0. The molecule has 1 aliphatic rings. The Morgan fingerprint density at radius 1 is 1.75 bits per heavy atom. The zero-order chi connectivity index (χ0) is 8.97. The molecule has 1 atom stereocenters. The summed E-state index contributed by atoms with van der Waals surface area (Å²) < 4.78 is 12.8. The van der Waals surface area contributed by atoms with Crippen molar-refractivity contribution in [3.63, 3.8) is 0 Å². The molecule has 1 heterocycles. The monoisotopic (exact) mass is 175 g/mol. The Labute approximate surface area is 70.8 Å². The van der Waals surface area contributed by atoms with E-state index < -0.39 is 6.17 Å². The van der Waals surface area contributed by atoms with E-state index in [1.165, 1.54) is 0 Å². The fraction of sp³-hybridized carbons (Fsp3) is 0.857. The van der Waals surface area contributed by atoms with Gasteiger partial charge in [-0.3, -0.25) is 4.90 Å². The summed E-state index contributed by atoms with van der Waals surface area (Å²) in [7, 11) is 0. The molecule has 1 fully saturated rings. The van der Waals surface area contributed by atoms with Gasteiger partial charge in [0.15, 0.2) is 5.84 Å². The molecule has 0 amide bonds. The van der Waals surface area contributed by atoms with Gasteiger partial charge in [0, 0.05) is 6.54 Å². The maximum absolute atomic E-state index is 12.8. The molecule has 0 aromatic rings. The number of piperidine rings is 1. The summed E-state index contributed by atoms with van der Waals surface area (Å²) in [5.41, 5.74) is 5.29. The normalized spacial score (nSPS) is 27.4. The molecule has 3 N–H and O–H groups in total. The predicted molar refractivity (Wildman–Crippen MR) is 44.0 cm³/mol. The second-order valence-corrected chi connectivity index (χ2v) is 3.07. The third kappa shape index (κ3) is 2.65. The first-order valence-electron chi connectivity index (χ1n) is 4.05. The Morgan fingerprint density at radius 3 is 3.08 bits per heavy atom. The van der Waals surface area contributed by atoms with Crippen molar-refractivity contribution in [1.82, 2.24) is 4.90 Å². The second-order valence-electron chi connectivity index (χ2n) is 3.07. The molecule has 0 aromatic carbocycles. The van der Waals surface area contributed by atoms with Crippen LogP contribution in [-0.2, 0) is 0 Å². The number of alkyl halides is 1. The highest BCUT2D eigenvalue weighted by molar-refractivity contribution is 5.81. The Bertz CT molecular complexity index is 174. The van der Waals surface area contributed by atoms with E-state index in [0.717, 1.165) is 13.0 Å². The van der Waals surface area contributed by atoms with Gasteiger partial charge in [0.2, 0.25) is 0 Å². The van der Waals surface area contributed by atoms with Crippen LogP contribution in [0.4, 0.5) is 4.39 Å². The smallest absolute Gasteiger partial charge is 0.153 e. The number of nitrogens with zero attached hydrogens (tertiary/aromatic N) is 2. The van der Waals surface area contributed by atoms with E-state index in [9.17, 15) is 4.39 Å². The molecule has 1 rings (SSSR count). The molecule has 0 aliphatic carbocycles. The molecule has 1 unspecified atom stereocenters. The molecule has 0 spiro atoms. The summed E-state index contributed by atoms with van der Waals surface area (Å²) in [6.07, 6.45) is 0.720. The first-order valence-corrected chi connectivity index (χ1v) is 4.05. The zero-order valence-electron chi connectivity index (χ0n) is 6.91. The Kier molecular flexibility index (Phi) is 3.28. The lowest BCUT2D eigenvalue weighted by atomic mass is 10.1. The van der Waals surface area contributed by atoms with Crippen LogP contribution in [0, 0.1) is 0 Å². The van der Waals surface area contributed by atoms with Crippen molar-refractivity contribution < 1.29 is 9.60 Å². The van der Waals surface area contributed by atoms with E-state index in [0.29, 0.717) is 19.5 Å². The third-order valence-corrected chi connectivity index (χ3v) is 1.96. The van der Waals surface area contributed by atoms with Crippen LogP contribution in [0.5, 0.6) is 0 Å². The number of likely N-dealkylation sites (tertiary alicyclic amines) is 1. The Morgan fingerprint density at radius 2 is 2.50 bits per heavy atom. The molecular formula is C7H14FN3O. The quantitative estimate of drug-likeness (QED) is 0.272. The van der Waals surface area contributed by atoms with Crippen molar-refractivity contribution in [1.29, 1.82) is 0 Å². The average molecular weight is 175 g/mol. The van der Waals surface area contributed by atoms with Crippen LogP contribution in [0.15, 0.2) is 5.16 Å². The largest absolute Gasteiger partial charge is 0.409 e. The summed E-state index contributed by atoms with van der Waals surface area (Å²) >= 11 is 0. The van der Waals surface area contributed by atoms with Gasteiger partial charge < -0.3 is 10.9 Å². The van der Waals surface area contributed by atoms with Crippen LogP contribution in [0.3, 0.4) is 0 Å². The van der Waals surface area contributed by atoms with Gasteiger partial charge in [-0.05, 0) is 19.4 Å². The van der Waals surface area contributed by atoms with E-state index in [-0.39, 0.29) is 5.84 Å². The SMILES string of the molecule is N/C(CN1CCCC(F)C1)=N\O. The highest BCUT2D eigenvalue weighted by Gasteiger charge is 2.19. The van der Waals surface area contributed by atoms with Crippen LogP contribution in [0.1, 0.15) is 12.8 Å². The van der Waals surface area contributed by atoms with Crippen molar-refractivity contribution in [3.05, 3.63) is 0 Å². The number of rotatable bonds is 2. The molecule has 0 aromatic heterocycles. The number of oxime groups is 1. The van der Waals surface area contributed by atoms with E-state index in [2.05, 4.69) is 5.16 Å². The molecular weight excluding hydrogens is 161 g/mol. The highest BCUT2D eigenvalue weighted by Crippen LogP contribution is 2.11. The molecule has 12 heavy (non-hydrogen) atoms. The fourth-order valence-corrected chi connectivity index (χ4v) is 1.40. The number of hydrogen-bond acceptors (Lipinski definition) is 3. The van der Waals surface area contributed by atoms with Crippen molar-refractivity contribution in [2.24, 2.45) is 10.9 Å². The molecule has 70 valence electrons. The van der Waals surface area contributed by atoms with Crippen molar-refractivity contribution >= 4 is 5.84 Å². The van der Waals surface area contributed by atoms with E-state index in [1.807, 2.05) is 4.90 Å². The van der Waals surface area contributed by atoms with Gasteiger partial charge in [-0.25, -0.2) is 4.39 Å². The summed E-state index contributed by atoms with van der Waals surface area (Å²) in [4.78, 5) is 1.85. The Balaban J connectivity index is 2.32. The summed E-state index contributed by atoms with van der Waals surface area (Å²) in [6.45, 7) is 1.59. The maximum atomic E-state index is 12.8. The van der Waals surface area contributed by atoms with Crippen LogP contribution < -0.4 is 5.73 Å². The van der Waals surface area contributed by atoms with Gasteiger partial charge in [0.1, 0.15) is 6.17 Å². The van der Waals surface area contributed by atoms with E-state index >= 15 is 0 Å². The highest BCUT2D eigenvalue weighted by atomic mass is 19.1. The van der Waals surface area contributed by atoms with Crippen molar-refractivity contribution in [3.8, 4) is 0 Å². The first kappa shape index (κ1) is 9.25. The number of nitrogens with two attached hydrogens (primary N) is 1. The lowest BCUT2D eigenvalue weighted by molar-refractivity contribution is 0.152. The molecule has 1 aliphatic heterocycles. The maximum Gasteiger partial charge on any atom is 0.153 e. The first-order chi connectivity index (χ1) is 5.72. The molecule has 1 saturated heterocycles. The summed E-state index contributed by atoms with van der Waals surface area (Å²) in [5, 5.41) is 11.1. The molecule has 5 heteroatoms. The minimum absolute atomic E-state index is 0.143. The van der Waals surface area contributed by atoms with Crippen molar-refractivity contribution in [2.75, 3.05) is 19.6 Å². The second kappa shape index (κ2) is 4.25. The van der Waals surface area contributed by atoms with Gasteiger partial charge in [0.05, 0.1) is 6.54 Å². The molecule has 0 saturated carbocycles. The van der Waals surface area contributed by atoms with Gasteiger partial charge in [-0.1, -0.05) is 5.16 Å². The fourth-order valence-electron chi connectivity index (χ4n) is 1.40.